The molecule has 3 rings (SSSR count). The van der Waals surface area contributed by atoms with Crippen LogP contribution in [-0.2, 0) is 17.5 Å². The maximum absolute atomic E-state index is 13.0. The van der Waals surface area contributed by atoms with Crippen molar-refractivity contribution in [3.8, 4) is 5.69 Å². The van der Waals surface area contributed by atoms with E-state index in [1.165, 1.54) is 29.3 Å². The highest BCUT2D eigenvalue weighted by atomic mass is 19.4. The molecule has 1 unspecified atom stereocenters. The number of amides is 1. The number of fused-ring (bicyclic) bond motifs is 1. The third-order valence-electron chi connectivity index (χ3n) is 4.93. The summed E-state index contributed by atoms with van der Waals surface area (Å²) >= 11 is 0. The van der Waals surface area contributed by atoms with Crippen molar-refractivity contribution in [2.45, 2.75) is 58.3 Å². The minimum atomic E-state index is -4.50. The molecule has 0 radical (unpaired) electrons. The van der Waals surface area contributed by atoms with Crippen molar-refractivity contribution in [1.29, 1.82) is 0 Å². The molecule has 7 nitrogen and oxygen atoms in total. The van der Waals surface area contributed by atoms with E-state index in [2.05, 4.69) is 22.3 Å². The summed E-state index contributed by atoms with van der Waals surface area (Å²) < 4.78 is 41.3. The van der Waals surface area contributed by atoms with Gasteiger partial charge in [0.25, 0.3) is 5.56 Å². The van der Waals surface area contributed by atoms with Crippen LogP contribution < -0.4 is 10.9 Å². The van der Waals surface area contributed by atoms with Gasteiger partial charge in [-0.3, -0.25) is 14.2 Å². The Morgan fingerprint density at radius 3 is 2.74 bits per heavy atom. The Balaban J connectivity index is 1.80. The van der Waals surface area contributed by atoms with Gasteiger partial charge in [0, 0.05) is 6.04 Å². The van der Waals surface area contributed by atoms with Crippen LogP contribution in [-0.4, -0.2) is 31.3 Å². The Kier molecular flexibility index (Phi) is 6.77. The zero-order valence-corrected chi connectivity index (χ0v) is 17.3. The number of hydrogen-bond donors (Lipinski definition) is 1. The fourth-order valence-corrected chi connectivity index (χ4v) is 3.31. The summed E-state index contributed by atoms with van der Waals surface area (Å²) in [5, 5.41) is 7.01. The third-order valence-corrected chi connectivity index (χ3v) is 4.93. The lowest BCUT2D eigenvalue weighted by atomic mass is 10.1. The summed E-state index contributed by atoms with van der Waals surface area (Å²) in [6.45, 7) is 3.82. The summed E-state index contributed by atoms with van der Waals surface area (Å²) in [6, 6.07) is 4.60. The summed E-state index contributed by atoms with van der Waals surface area (Å²) in [5.41, 5.74) is -1.06. The molecule has 0 saturated heterocycles. The molecule has 1 N–H and O–H groups in total. The number of hydrogen-bond acceptors (Lipinski definition) is 4. The van der Waals surface area contributed by atoms with Crippen molar-refractivity contribution in [2.75, 3.05) is 0 Å². The van der Waals surface area contributed by atoms with E-state index in [4.69, 9.17) is 0 Å². The van der Waals surface area contributed by atoms with Gasteiger partial charge in [-0.25, -0.2) is 9.67 Å². The van der Waals surface area contributed by atoms with Crippen molar-refractivity contribution in [2.24, 2.45) is 0 Å². The summed E-state index contributed by atoms with van der Waals surface area (Å²) in [7, 11) is 0. The van der Waals surface area contributed by atoms with Crippen molar-refractivity contribution >= 4 is 16.9 Å². The molecule has 0 aliphatic carbocycles. The van der Waals surface area contributed by atoms with Crippen LogP contribution >= 0.6 is 0 Å². The van der Waals surface area contributed by atoms with Crippen molar-refractivity contribution < 1.29 is 18.0 Å². The topological polar surface area (TPSA) is 81.8 Å². The highest BCUT2D eigenvalue weighted by Gasteiger charge is 2.30. The number of aromatic nitrogens is 4. The van der Waals surface area contributed by atoms with Gasteiger partial charge in [-0.1, -0.05) is 32.3 Å². The smallest absolute Gasteiger partial charge is 0.352 e. The number of carbonyl (C=O) groups excluding carboxylic acids is 1. The summed E-state index contributed by atoms with van der Waals surface area (Å²) in [6.07, 6.45) is 2.01. The number of nitrogens with one attached hydrogen (secondary N) is 1. The fourth-order valence-electron chi connectivity index (χ4n) is 3.31. The highest BCUT2D eigenvalue weighted by Crippen LogP contribution is 2.30. The van der Waals surface area contributed by atoms with Crippen LogP contribution in [0.1, 0.15) is 45.1 Å². The largest absolute Gasteiger partial charge is 0.416 e. The van der Waals surface area contributed by atoms with Crippen LogP contribution in [0.15, 0.2) is 41.6 Å². The second-order valence-corrected chi connectivity index (χ2v) is 7.48. The van der Waals surface area contributed by atoms with E-state index >= 15 is 0 Å². The van der Waals surface area contributed by atoms with Crippen LogP contribution in [0.2, 0.25) is 0 Å². The molecule has 166 valence electrons. The predicted molar refractivity (Wildman–Crippen MR) is 110 cm³/mol. The Hall–Kier alpha value is -3.17. The van der Waals surface area contributed by atoms with Crippen molar-refractivity contribution in [1.82, 2.24) is 24.6 Å². The molecule has 31 heavy (non-hydrogen) atoms. The number of rotatable bonds is 8. The average Bonchev–Trinajstić information content (AvgIpc) is 3.14. The van der Waals surface area contributed by atoms with E-state index in [1.54, 1.807) is 0 Å². The molecule has 0 fully saturated rings. The Morgan fingerprint density at radius 2 is 2.03 bits per heavy atom. The molecule has 0 aliphatic heterocycles. The average molecular weight is 435 g/mol. The molecule has 0 spiro atoms. The lowest BCUT2D eigenvalue weighted by molar-refractivity contribution is -0.137. The van der Waals surface area contributed by atoms with Gasteiger partial charge in [-0.15, -0.1) is 0 Å². The van der Waals surface area contributed by atoms with Gasteiger partial charge in [-0.2, -0.15) is 18.3 Å². The van der Waals surface area contributed by atoms with E-state index in [-0.39, 0.29) is 35.2 Å². The molecule has 0 saturated carbocycles. The second kappa shape index (κ2) is 9.32. The third kappa shape index (κ3) is 5.31. The van der Waals surface area contributed by atoms with Gasteiger partial charge >= 0.3 is 6.18 Å². The van der Waals surface area contributed by atoms with Crippen LogP contribution in [0.5, 0.6) is 0 Å². The Labute approximate surface area is 176 Å². The zero-order chi connectivity index (χ0) is 22.6. The van der Waals surface area contributed by atoms with Gasteiger partial charge in [-0.05, 0) is 31.5 Å². The van der Waals surface area contributed by atoms with Gasteiger partial charge in [0.1, 0.15) is 18.3 Å². The lowest BCUT2D eigenvalue weighted by Gasteiger charge is -2.14. The Bertz CT molecular complexity index is 1120. The first-order valence-corrected chi connectivity index (χ1v) is 10.1. The van der Waals surface area contributed by atoms with E-state index in [1.807, 2.05) is 6.92 Å². The molecular formula is C21H24F3N5O2. The van der Waals surface area contributed by atoms with E-state index < -0.39 is 17.3 Å². The van der Waals surface area contributed by atoms with Crippen LogP contribution in [0.25, 0.3) is 16.7 Å². The van der Waals surface area contributed by atoms with Gasteiger partial charge in [0.2, 0.25) is 5.91 Å². The SMILES string of the molecule is CCCCCC(C)NC(=O)Cn1cnc2c(cnn2-c2cccc(C(F)(F)F)c2)c1=O. The molecule has 0 bridgehead atoms. The van der Waals surface area contributed by atoms with Crippen LogP contribution in [0.4, 0.5) is 13.2 Å². The van der Waals surface area contributed by atoms with Crippen LogP contribution in [0, 0.1) is 0 Å². The standard InChI is InChI=1S/C21H24F3N5O2/c1-3-4-5-7-14(2)27-18(30)12-28-13-25-19-17(20(28)31)11-26-29(19)16-9-6-8-15(10-16)21(22,23)24/h6,8-11,13-14H,3-5,7,12H2,1-2H3,(H,27,30). The molecular weight excluding hydrogens is 411 g/mol. The first kappa shape index (κ1) is 22.5. The van der Waals surface area contributed by atoms with E-state index in [0.29, 0.717) is 0 Å². The molecule has 1 atom stereocenters. The van der Waals surface area contributed by atoms with E-state index in [9.17, 15) is 22.8 Å². The minimum absolute atomic E-state index is 0.00454. The van der Waals surface area contributed by atoms with E-state index in [0.717, 1.165) is 42.4 Å². The first-order valence-electron chi connectivity index (χ1n) is 10.1. The molecule has 10 heteroatoms. The van der Waals surface area contributed by atoms with Crippen molar-refractivity contribution in [3.05, 3.63) is 52.7 Å². The highest BCUT2D eigenvalue weighted by molar-refractivity contribution is 5.78. The number of alkyl halides is 3. The van der Waals surface area contributed by atoms with Gasteiger partial charge < -0.3 is 5.32 Å². The van der Waals surface area contributed by atoms with Gasteiger partial charge in [0.15, 0.2) is 5.65 Å². The molecule has 3 aromatic rings. The number of benzene rings is 1. The minimum Gasteiger partial charge on any atom is -0.352 e. The molecule has 0 aliphatic rings. The van der Waals surface area contributed by atoms with Gasteiger partial charge in [0.05, 0.1) is 17.4 Å². The number of unbranched alkanes of at least 4 members (excludes halogenated alkanes) is 2. The number of nitrogens with zero attached hydrogens (tertiary/aromatic N) is 4. The Morgan fingerprint density at radius 1 is 1.26 bits per heavy atom. The monoisotopic (exact) mass is 435 g/mol. The second-order valence-electron chi connectivity index (χ2n) is 7.48. The number of halogens is 3. The maximum atomic E-state index is 13.0. The zero-order valence-electron chi connectivity index (χ0n) is 17.3. The predicted octanol–water partition coefficient (Wildman–Crippen LogP) is 3.69. The summed E-state index contributed by atoms with van der Waals surface area (Å²) in [5.74, 6) is -0.308. The maximum Gasteiger partial charge on any atom is 0.416 e. The fraction of sp³-hybridized carbons (Fsp3) is 0.429. The lowest BCUT2D eigenvalue weighted by Crippen LogP contribution is -2.37. The summed E-state index contributed by atoms with van der Waals surface area (Å²) in [4.78, 5) is 29.2. The van der Waals surface area contributed by atoms with Crippen LogP contribution in [0.3, 0.4) is 0 Å². The molecule has 1 aromatic carbocycles. The first-order chi connectivity index (χ1) is 14.7. The molecule has 2 heterocycles. The quantitative estimate of drug-likeness (QED) is 0.547. The molecule has 1 amide bonds. The molecule has 2 aromatic heterocycles. The van der Waals surface area contributed by atoms with Crippen molar-refractivity contribution in [3.63, 3.8) is 0 Å². The number of carbonyl (C=O) groups is 1. The normalized spacial score (nSPS) is 12.8.